The van der Waals surface area contributed by atoms with E-state index in [0.29, 0.717) is 18.9 Å². The molecule has 0 bridgehead atoms. The zero-order valence-corrected chi connectivity index (χ0v) is 12.2. The van der Waals surface area contributed by atoms with E-state index in [0.717, 1.165) is 12.8 Å². The molecule has 0 heterocycles. The molecule has 1 aliphatic carbocycles. The van der Waals surface area contributed by atoms with Crippen LogP contribution in [0.15, 0.2) is 0 Å². The van der Waals surface area contributed by atoms with Gasteiger partial charge in [-0.05, 0) is 25.2 Å². The van der Waals surface area contributed by atoms with Gasteiger partial charge in [-0.15, -0.1) is 0 Å². The topological polar surface area (TPSA) is 89.3 Å². The molecule has 0 aromatic carbocycles. The highest BCUT2D eigenvalue weighted by molar-refractivity contribution is 7.90. The fourth-order valence-corrected chi connectivity index (χ4v) is 3.63. The number of rotatable bonds is 7. The van der Waals surface area contributed by atoms with E-state index in [4.69, 9.17) is 5.73 Å². The second-order valence-corrected chi connectivity index (χ2v) is 8.16. The van der Waals surface area contributed by atoms with Gasteiger partial charge >= 0.3 is 0 Å². The van der Waals surface area contributed by atoms with Crippen molar-refractivity contribution >= 4 is 15.7 Å². The lowest BCUT2D eigenvalue weighted by atomic mass is 10.0. The molecule has 0 saturated heterocycles. The number of hydrogen-bond acceptors (Lipinski definition) is 4. The Kier molecular flexibility index (Phi) is 4.78. The summed E-state index contributed by atoms with van der Waals surface area (Å²) < 4.78 is 22.5. The van der Waals surface area contributed by atoms with Crippen LogP contribution in [0.5, 0.6) is 0 Å². The first-order valence-electron chi connectivity index (χ1n) is 6.35. The predicted octanol–water partition coefficient (Wildman–Crippen LogP) is 0.301. The molecule has 0 unspecified atom stereocenters. The Morgan fingerprint density at radius 3 is 2.33 bits per heavy atom. The Balaban J connectivity index is 2.39. The van der Waals surface area contributed by atoms with E-state index in [2.05, 4.69) is 5.32 Å². The Bertz CT molecular complexity index is 400. The van der Waals surface area contributed by atoms with Gasteiger partial charge in [0.1, 0.15) is 9.84 Å². The van der Waals surface area contributed by atoms with Crippen LogP contribution in [0.4, 0.5) is 0 Å². The average molecular weight is 276 g/mol. The molecule has 106 valence electrons. The van der Waals surface area contributed by atoms with Crippen molar-refractivity contribution < 1.29 is 13.2 Å². The van der Waals surface area contributed by atoms with Gasteiger partial charge in [0.15, 0.2) is 0 Å². The van der Waals surface area contributed by atoms with Gasteiger partial charge in [-0.3, -0.25) is 4.79 Å². The number of sulfone groups is 1. The van der Waals surface area contributed by atoms with Crippen LogP contribution in [0.25, 0.3) is 0 Å². The zero-order chi connectivity index (χ0) is 14.0. The van der Waals surface area contributed by atoms with Gasteiger partial charge in [-0.2, -0.15) is 0 Å². The maximum absolute atomic E-state index is 11.7. The zero-order valence-electron chi connectivity index (χ0n) is 11.4. The number of hydrogen-bond donors (Lipinski definition) is 2. The lowest BCUT2D eigenvalue weighted by molar-refractivity contribution is -0.122. The summed E-state index contributed by atoms with van der Waals surface area (Å²) in [6.07, 6.45) is 3.60. The van der Waals surface area contributed by atoms with Crippen LogP contribution in [-0.2, 0) is 14.6 Å². The summed E-state index contributed by atoms with van der Waals surface area (Å²) in [7, 11) is -2.99. The van der Waals surface area contributed by atoms with Crippen molar-refractivity contribution in [2.45, 2.75) is 39.2 Å². The first-order chi connectivity index (χ1) is 8.14. The summed E-state index contributed by atoms with van der Waals surface area (Å²) in [5.41, 5.74) is 5.53. The Morgan fingerprint density at radius 2 is 1.94 bits per heavy atom. The molecule has 1 aliphatic rings. The molecule has 18 heavy (non-hydrogen) atoms. The molecule has 1 rings (SSSR count). The molecule has 5 nitrogen and oxygen atoms in total. The van der Waals surface area contributed by atoms with Gasteiger partial charge < -0.3 is 11.1 Å². The lowest BCUT2D eigenvalue weighted by Gasteiger charge is -2.18. The van der Waals surface area contributed by atoms with Crippen molar-refractivity contribution in [1.29, 1.82) is 0 Å². The summed E-state index contributed by atoms with van der Waals surface area (Å²) in [4.78, 5) is 11.7. The fraction of sp³-hybridized carbons (Fsp3) is 0.917. The van der Waals surface area contributed by atoms with Crippen molar-refractivity contribution in [3.63, 3.8) is 0 Å². The molecule has 6 heteroatoms. The van der Waals surface area contributed by atoms with Crippen LogP contribution < -0.4 is 11.1 Å². The first kappa shape index (κ1) is 15.4. The standard InChI is InChI=1S/C12H24N2O3S/c1-9(2)6-10(13)11(15)14-7-12(4-5-12)8-18(3,16)17/h9-10H,4-8,13H2,1-3H3,(H,14,15)/t10-/m0/s1. The molecule has 0 aromatic heterocycles. The van der Waals surface area contributed by atoms with Crippen LogP contribution in [0, 0.1) is 11.3 Å². The average Bonchev–Trinajstić information content (AvgIpc) is 2.91. The third-order valence-corrected chi connectivity index (χ3v) is 4.36. The van der Waals surface area contributed by atoms with E-state index in [9.17, 15) is 13.2 Å². The van der Waals surface area contributed by atoms with Crippen LogP contribution in [0.2, 0.25) is 0 Å². The molecule has 1 amide bonds. The van der Waals surface area contributed by atoms with E-state index in [1.54, 1.807) is 0 Å². The molecule has 0 spiro atoms. The number of amides is 1. The van der Waals surface area contributed by atoms with E-state index in [1.807, 2.05) is 13.8 Å². The maximum atomic E-state index is 11.7. The van der Waals surface area contributed by atoms with Gasteiger partial charge in [-0.25, -0.2) is 8.42 Å². The van der Waals surface area contributed by atoms with Crippen molar-refractivity contribution in [3.05, 3.63) is 0 Å². The maximum Gasteiger partial charge on any atom is 0.236 e. The monoisotopic (exact) mass is 276 g/mol. The summed E-state index contributed by atoms with van der Waals surface area (Å²) in [5.74, 6) is 0.347. The normalized spacial score (nSPS) is 19.6. The molecular formula is C12H24N2O3S. The van der Waals surface area contributed by atoms with E-state index < -0.39 is 15.9 Å². The largest absolute Gasteiger partial charge is 0.354 e. The van der Waals surface area contributed by atoms with Gasteiger partial charge in [0, 0.05) is 18.2 Å². The summed E-state index contributed by atoms with van der Waals surface area (Å²) in [6, 6.07) is -0.501. The van der Waals surface area contributed by atoms with Crippen LogP contribution >= 0.6 is 0 Å². The third kappa shape index (κ3) is 5.35. The summed E-state index contributed by atoms with van der Waals surface area (Å²) >= 11 is 0. The van der Waals surface area contributed by atoms with Crippen LogP contribution in [0.1, 0.15) is 33.1 Å². The molecule has 1 fully saturated rings. The Morgan fingerprint density at radius 1 is 1.39 bits per heavy atom. The number of carbonyl (C=O) groups excluding carboxylic acids is 1. The van der Waals surface area contributed by atoms with Gasteiger partial charge in [0.2, 0.25) is 5.91 Å². The molecule has 0 aromatic rings. The van der Waals surface area contributed by atoms with Crippen molar-refractivity contribution in [2.75, 3.05) is 18.6 Å². The summed E-state index contributed by atoms with van der Waals surface area (Å²) in [5, 5.41) is 2.78. The van der Waals surface area contributed by atoms with E-state index >= 15 is 0 Å². The minimum atomic E-state index is -2.99. The van der Waals surface area contributed by atoms with Crippen molar-refractivity contribution in [2.24, 2.45) is 17.1 Å². The molecule has 3 N–H and O–H groups in total. The lowest BCUT2D eigenvalue weighted by Crippen LogP contribution is -2.44. The second-order valence-electron chi connectivity index (χ2n) is 6.02. The molecule has 1 saturated carbocycles. The summed E-state index contributed by atoms with van der Waals surface area (Å²) in [6.45, 7) is 4.45. The predicted molar refractivity (Wildman–Crippen MR) is 71.8 cm³/mol. The molecular weight excluding hydrogens is 252 g/mol. The van der Waals surface area contributed by atoms with Gasteiger partial charge in [0.05, 0.1) is 11.8 Å². The molecule has 0 aliphatic heterocycles. The minimum absolute atomic E-state index is 0.152. The van der Waals surface area contributed by atoms with Gasteiger partial charge in [0.25, 0.3) is 0 Å². The van der Waals surface area contributed by atoms with Crippen LogP contribution in [-0.4, -0.2) is 38.9 Å². The third-order valence-electron chi connectivity index (χ3n) is 3.23. The SMILES string of the molecule is CC(C)C[C@H](N)C(=O)NCC1(CS(C)(=O)=O)CC1. The Hall–Kier alpha value is -0.620. The molecule has 0 radical (unpaired) electrons. The highest BCUT2D eigenvalue weighted by Gasteiger charge is 2.45. The highest BCUT2D eigenvalue weighted by atomic mass is 32.2. The van der Waals surface area contributed by atoms with E-state index in [1.165, 1.54) is 6.26 Å². The smallest absolute Gasteiger partial charge is 0.236 e. The Labute approximate surface area is 109 Å². The second kappa shape index (κ2) is 5.57. The number of carbonyl (C=O) groups is 1. The number of nitrogens with one attached hydrogen (secondary N) is 1. The minimum Gasteiger partial charge on any atom is -0.354 e. The first-order valence-corrected chi connectivity index (χ1v) is 8.41. The fourth-order valence-electron chi connectivity index (χ4n) is 2.13. The van der Waals surface area contributed by atoms with Crippen LogP contribution in [0.3, 0.4) is 0 Å². The molecule has 1 atom stereocenters. The quantitative estimate of drug-likeness (QED) is 0.700. The van der Waals surface area contributed by atoms with Crippen molar-refractivity contribution in [1.82, 2.24) is 5.32 Å². The van der Waals surface area contributed by atoms with Gasteiger partial charge in [-0.1, -0.05) is 13.8 Å². The van der Waals surface area contributed by atoms with Crippen molar-refractivity contribution in [3.8, 4) is 0 Å². The van der Waals surface area contributed by atoms with E-state index in [-0.39, 0.29) is 17.1 Å². The number of nitrogens with two attached hydrogens (primary N) is 1. The highest BCUT2D eigenvalue weighted by Crippen LogP contribution is 2.46.